The molecule has 2 aromatic rings. The average Bonchev–Trinajstić information content (AvgIpc) is 3.17. The highest BCUT2D eigenvalue weighted by Gasteiger charge is 2.28. The zero-order chi connectivity index (χ0) is 23.5. The van der Waals surface area contributed by atoms with Crippen molar-refractivity contribution in [2.45, 2.75) is 97.8 Å². The zero-order valence-corrected chi connectivity index (χ0v) is 21.1. The molecule has 1 aliphatic rings. The van der Waals surface area contributed by atoms with Gasteiger partial charge >= 0.3 is 0 Å². The van der Waals surface area contributed by atoms with Gasteiger partial charge in [0.1, 0.15) is 0 Å². The van der Waals surface area contributed by atoms with Gasteiger partial charge < -0.3 is 5.53 Å². The minimum atomic E-state index is 0.897. The van der Waals surface area contributed by atoms with Crippen molar-refractivity contribution in [2.75, 3.05) is 0 Å². The SMILES string of the molecule is CCCCCCC1=C(c2cccc(CCCCC)c2)[N+](=[N-])C(c2ccc(CCCC)cc2)=C1. The first-order valence-corrected chi connectivity index (χ1v) is 13.3. The summed E-state index contributed by atoms with van der Waals surface area (Å²) in [5, 5.41) is 0. The lowest BCUT2D eigenvalue weighted by Gasteiger charge is -2.11. The first kappa shape index (κ1) is 25.1. The van der Waals surface area contributed by atoms with Gasteiger partial charge in [-0.2, -0.15) is 0 Å². The predicted molar refractivity (Wildman–Crippen MR) is 142 cm³/mol. The molecule has 0 N–H and O–H groups in total. The molecule has 3 rings (SSSR count). The molecule has 33 heavy (non-hydrogen) atoms. The first-order valence-electron chi connectivity index (χ1n) is 13.3. The van der Waals surface area contributed by atoms with Crippen LogP contribution in [0.3, 0.4) is 0 Å². The molecular weight excluding hydrogens is 400 g/mol. The molecule has 0 atom stereocenters. The van der Waals surface area contributed by atoms with Gasteiger partial charge in [0.25, 0.3) is 0 Å². The summed E-state index contributed by atoms with van der Waals surface area (Å²) in [6, 6.07) is 17.6. The number of hydrogen-bond acceptors (Lipinski definition) is 0. The molecule has 0 amide bonds. The van der Waals surface area contributed by atoms with Crippen LogP contribution in [0.2, 0.25) is 0 Å². The first-order chi connectivity index (χ1) is 16.2. The predicted octanol–water partition coefficient (Wildman–Crippen LogP) is 9.53. The molecule has 0 unspecified atom stereocenters. The van der Waals surface area contributed by atoms with Gasteiger partial charge in [-0.05, 0) is 73.9 Å². The van der Waals surface area contributed by atoms with Gasteiger partial charge in [0, 0.05) is 22.8 Å². The topological polar surface area (TPSA) is 25.3 Å². The van der Waals surface area contributed by atoms with E-state index in [1.165, 1.54) is 72.8 Å². The molecule has 0 spiro atoms. The van der Waals surface area contributed by atoms with Crippen LogP contribution in [0.1, 0.15) is 107 Å². The zero-order valence-electron chi connectivity index (χ0n) is 21.1. The second-order valence-corrected chi connectivity index (χ2v) is 9.48. The fourth-order valence-corrected chi connectivity index (χ4v) is 4.67. The summed E-state index contributed by atoms with van der Waals surface area (Å²) in [5.74, 6) is 0. The van der Waals surface area contributed by atoms with Gasteiger partial charge in [0.05, 0.1) is 0 Å². The van der Waals surface area contributed by atoms with E-state index in [2.05, 4.69) is 75.4 Å². The van der Waals surface area contributed by atoms with Crippen molar-refractivity contribution in [3.8, 4) is 0 Å². The third kappa shape index (κ3) is 7.00. The summed E-state index contributed by atoms with van der Waals surface area (Å²) in [6.07, 6.45) is 16.5. The van der Waals surface area contributed by atoms with Crippen LogP contribution in [0.15, 0.2) is 60.2 Å². The fourth-order valence-electron chi connectivity index (χ4n) is 4.67. The smallest absolute Gasteiger partial charge is 0.210 e. The summed E-state index contributed by atoms with van der Waals surface area (Å²) in [4.78, 5) is 0. The number of rotatable bonds is 14. The number of unbranched alkanes of at least 4 members (excludes halogenated alkanes) is 6. The molecule has 0 aromatic heterocycles. The normalized spacial score (nSPS) is 13.7. The van der Waals surface area contributed by atoms with Gasteiger partial charge in [-0.3, -0.25) is 0 Å². The van der Waals surface area contributed by atoms with E-state index < -0.39 is 0 Å². The molecule has 0 saturated heterocycles. The monoisotopic (exact) mass is 442 g/mol. The lowest BCUT2D eigenvalue weighted by Crippen LogP contribution is -2.03. The Labute approximate surface area is 201 Å². The molecule has 0 bridgehead atoms. The largest absolute Gasteiger partial charge is 0.493 e. The molecule has 2 aromatic carbocycles. The maximum absolute atomic E-state index is 11.4. The van der Waals surface area contributed by atoms with Crippen LogP contribution in [-0.2, 0) is 12.8 Å². The number of benzene rings is 2. The molecule has 1 heterocycles. The summed E-state index contributed by atoms with van der Waals surface area (Å²) in [7, 11) is 0. The molecule has 1 aliphatic heterocycles. The number of nitrogens with zero attached hydrogens (tertiary/aromatic N) is 2. The van der Waals surface area contributed by atoms with Crippen LogP contribution in [0.4, 0.5) is 0 Å². The minimum Gasteiger partial charge on any atom is -0.493 e. The van der Waals surface area contributed by atoms with Crippen molar-refractivity contribution in [1.29, 1.82) is 0 Å². The third-order valence-electron chi connectivity index (χ3n) is 6.69. The van der Waals surface area contributed by atoms with Crippen molar-refractivity contribution in [3.63, 3.8) is 0 Å². The quantitative estimate of drug-likeness (QED) is 0.205. The molecular formula is C31H42N2. The van der Waals surface area contributed by atoms with Crippen molar-refractivity contribution < 1.29 is 4.70 Å². The van der Waals surface area contributed by atoms with Crippen LogP contribution >= 0.6 is 0 Å². The summed E-state index contributed by atoms with van der Waals surface area (Å²) < 4.78 is 1.45. The van der Waals surface area contributed by atoms with Gasteiger partial charge in [-0.1, -0.05) is 83.6 Å². The van der Waals surface area contributed by atoms with Crippen LogP contribution < -0.4 is 0 Å². The molecule has 0 fully saturated rings. The number of allylic oxidation sites excluding steroid dienone is 2. The summed E-state index contributed by atoms with van der Waals surface area (Å²) in [5.41, 5.74) is 19.4. The second kappa shape index (κ2) is 13.3. The summed E-state index contributed by atoms with van der Waals surface area (Å²) >= 11 is 0. The number of hydrogen-bond donors (Lipinski definition) is 0. The van der Waals surface area contributed by atoms with Crippen molar-refractivity contribution in [3.05, 3.63) is 88.0 Å². The van der Waals surface area contributed by atoms with E-state index in [-0.39, 0.29) is 0 Å². The van der Waals surface area contributed by atoms with Gasteiger partial charge in [0.15, 0.2) is 0 Å². The van der Waals surface area contributed by atoms with Crippen LogP contribution in [0.5, 0.6) is 0 Å². The lowest BCUT2D eigenvalue weighted by molar-refractivity contribution is -0.344. The van der Waals surface area contributed by atoms with E-state index >= 15 is 0 Å². The van der Waals surface area contributed by atoms with Crippen LogP contribution in [0, 0.1) is 0 Å². The van der Waals surface area contributed by atoms with Crippen molar-refractivity contribution in [1.82, 2.24) is 0 Å². The Kier molecular flexibility index (Phi) is 10.1. The molecule has 2 heteroatoms. The number of aryl methyl sites for hydroxylation is 2. The Morgan fingerprint density at radius 3 is 2.03 bits per heavy atom. The molecule has 2 nitrogen and oxygen atoms in total. The standard InChI is InChI=1S/C31H42N2/c1-4-7-10-12-17-29-24-30(27-21-19-25(20-22-27)14-9-6-3)33(32)31(29)28-18-13-16-26(23-28)15-11-8-5-2/h13,16,18-24H,4-12,14-15,17H2,1-3H3. The molecule has 176 valence electrons. The van der Waals surface area contributed by atoms with E-state index in [0.717, 1.165) is 48.2 Å². The lowest BCUT2D eigenvalue weighted by atomic mass is 9.99. The Morgan fingerprint density at radius 1 is 0.636 bits per heavy atom. The van der Waals surface area contributed by atoms with Gasteiger partial charge in [-0.25, -0.2) is 4.70 Å². The van der Waals surface area contributed by atoms with Crippen LogP contribution in [-0.4, -0.2) is 4.70 Å². The van der Waals surface area contributed by atoms with Gasteiger partial charge in [-0.15, -0.1) is 0 Å². The van der Waals surface area contributed by atoms with Crippen LogP contribution in [0.25, 0.3) is 16.9 Å². The highest BCUT2D eigenvalue weighted by Crippen LogP contribution is 2.37. The second-order valence-electron chi connectivity index (χ2n) is 9.48. The van der Waals surface area contributed by atoms with E-state index in [1.807, 2.05) is 0 Å². The van der Waals surface area contributed by atoms with Crippen molar-refractivity contribution >= 4 is 11.4 Å². The molecule has 0 radical (unpaired) electrons. The Balaban J connectivity index is 1.85. The summed E-state index contributed by atoms with van der Waals surface area (Å²) in [6.45, 7) is 6.73. The van der Waals surface area contributed by atoms with E-state index in [0.29, 0.717) is 0 Å². The Bertz CT molecular complexity index is 963. The highest BCUT2D eigenvalue weighted by molar-refractivity contribution is 5.78. The maximum atomic E-state index is 11.4. The van der Waals surface area contributed by atoms with E-state index in [9.17, 15) is 5.53 Å². The third-order valence-corrected chi connectivity index (χ3v) is 6.69. The van der Waals surface area contributed by atoms with E-state index in [4.69, 9.17) is 0 Å². The van der Waals surface area contributed by atoms with E-state index in [1.54, 1.807) is 0 Å². The average molecular weight is 443 g/mol. The fraction of sp³-hybridized carbons (Fsp3) is 0.484. The molecule has 0 aliphatic carbocycles. The van der Waals surface area contributed by atoms with Crippen molar-refractivity contribution in [2.24, 2.45) is 0 Å². The maximum Gasteiger partial charge on any atom is 0.210 e. The minimum absolute atomic E-state index is 0.897. The van der Waals surface area contributed by atoms with Gasteiger partial charge in [0.2, 0.25) is 11.4 Å². The highest BCUT2D eigenvalue weighted by atomic mass is 15.2. The Morgan fingerprint density at radius 2 is 1.30 bits per heavy atom. The Hall–Kier alpha value is -2.48. The molecule has 0 saturated carbocycles.